The van der Waals surface area contributed by atoms with Gasteiger partial charge < -0.3 is 15.2 Å². The first-order chi connectivity index (χ1) is 9.08. The van der Waals surface area contributed by atoms with Crippen LogP contribution in [-0.2, 0) is 19.5 Å². The molecule has 0 amide bonds. The van der Waals surface area contributed by atoms with Gasteiger partial charge in [0, 0.05) is 26.5 Å². The Balaban J connectivity index is 2.34. The Morgan fingerprint density at radius 2 is 2.16 bits per heavy atom. The Morgan fingerprint density at radius 3 is 2.84 bits per heavy atom. The molecule has 7 nitrogen and oxygen atoms in total. The van der Waals surface area contributed by atoms with Crippen molar-refractivity contribution in [3.63, 3.8) is 0 Å². The van der Waals surface area contributed by atoms with Gasteiger partial charge in [0.1, 0.15) is 10.7 Å². The Labute approximate surface area is 113 Å². The first-order valence-electron chi connectivity index (χ1n) is 5.85. The lowest BCUT2D eigenvalue weighted by Crippen LogP contribution is -2.26. The maximum Gasteiger partial charge on any atom is 0.244 e. The summed E-state index contributed by atoms with van der Waals surface area (Å²) in [6, 6.07) is 2.94. The molecular formula is C11H19N3O4S. The number of nitrogen functional groups attached to an aromatic ring is 1. The standard InChI is InChI=1S/C11H19N3O4S/c1-17-8-9-18-7-3-6-14-19(15,16)10-4-2-5-13-11(10)12/h2,4-5,14H,3,6-9H2,1H3,(H2,12,13). The van der Waals surface area contributed by atoms with Crippen LogP contribution < -0.4 is 10.5 Å². The van der Waals surface area contributed by atoms with Crippen molar-refractivity contribution in [3.05, 3.63) is 18.3 Å². The van der Waals surface area contributed by atoms with Gasteiger partial charge in [-0.3, -0.25) is 0 Å². The quantitative estimate of drug-likeness (QED) is 0.620. The molecule has 0 aromatic carbocycles. The largest absolute Gasteiger partial charge is 0.383 e. The van der Waals surface area contributed by atoms with Gasteiger partial charge in [-0.25, -0.2) is 18.1 Å². The molecule has 0 saturated carbocycles. The molecule has 0 fully saturated rings. The number of methoxy groups -OCH3 is 1. The van der Waals surface area contributed by atoms with Gasteiger partial charge in [-0.15, -0.1) is 0 Å². The van der Waals surface area contributed by atoms with Crippen molar-refractivity contribution in [3.8, 4) is 0 Å². The number of hydrogen-bond acceptors (Lipinski definition) is 6. The normalized spacial score (nSPS) is 11.6. The van der Waals surface area contributed by atoms with E-state index in [0.29, 0.717) is 26.2 Å². The molecule has 108 valence electrons. The van der Waals surface area contributed by atoms with Gasteiger partial charge in [-0.1, -0.05) is 0 Å². The van der Waals surface area contributed by atoms with E-state index >= 15 is 0 Å². The summed E-state index contributed by atoms with van der Waals surface area (Å²) in [6.45, 7) is 1.77. The highest BCUT2D eigenvalue weighted by Gasteiger charge is 2.16. The summed E-state index contributed by atoms with van der Waals surface area (Å²) in [7, 11) is -2.01. The summed E-state index contributed by atoms with van der Waals surface area (Å²) in [5.74, 6) is -0.00801. The second-order valence-electron chi connectivity index (χ2n) is 3.74. The molecule has 0 aliphatic rings. The molecular weight excluding hydrogens is 270 g/mol. The number of nitrogens with zero attached hydrogens (tertiary/aromatic N) is 1. The van der Waals surface area contributed by atoms with E-state index in [1.165, 1.54) is 18.3 Å². The van der Waals surface area contributed by atoms with Crippen LogP contribution in [0.5, 0.6) is 0 Å². The van der Waals surface area contributed by atoms with E-state index in [4.69, 9.17) is 15.2 Å². The fourth-order valence-corrected chi connectivity index (χ4v) is 2.49. The summed E-state index contributed by atoms with van der Waals surface area (Å²) in [5, 5.41) is 0. The van der Waals surface area contributed by atoms with E-state index in [0.717, 1.165) is 0 Å². The second kappa shape index (κ2) is 8.05. The number of aromatic nitrogens is 1. The molecule has 0 bridgehead atoms. The zero-order valence-corrected chi connectivity index (χ0v) is 11.6. The highest BCUT2D eigenvalue weighted by Crippen LogP contribution is 2.13. The molecule has 1 aromatic heterocycles. The van der Waals surface area contributed by atoms with Gasteiger partial charge in [0.25, 0.3) is 0 Å². The molecule has 1 aromatic rings. The Bertz CT molecular complexity index is 479. The van der Waals surface area contributed by atoms with Gasteiger partial charge >= 0.3 is 0 Å². The van der Waals surface area contributed by atoms with Gasteiger partial charge in [-0.2, -0.15) is 0 Å². The first-order valence-corrected chi connectivity index (χ1v) is 7.33. The fourth-order valence-electron chi connectivity index (χ4n) is 1.33. The van der Waals surface area contributed by atoms with E-state index in [1.807, 2.05) is 0 Å². The van der Waals surface area contributed by atoms with E-state index in [2.05, 4.69) is 9.71 Å². The number of pyridine rings is 1. The third-order valence-electron chi connectivity index (χ3n) is 2.28. The van der Waals surface area contributed by atoms with E-state index < -0.39 is 10.0 Å². The smallest absolute Gasteiger partial charge is 0.244 e. The lowest BCUT2D eigenvalue weighted by atomic mass is 10.5. The Kier molecular flexibility index (Phi) is 6.71. The molecule has 0 saturated heterocycles. The van der Waals surface area contributed by atoms with E-state index in [9.17, 15) is 8.42 Å². The van der Waals surface area contributed by atoms with Crippen molar-refractivity contribution in [2.45, 2.75) is 11.3 Å². The lowest BCUT2D eigenvalue weighted by Gasteiger charge is -2.08. The molecule has 0 radical (unpaired) electrons. The van der Waals surface area contributed by atoms with Crippen molar-refractivity contribution in [2.24, 2.45) is 0 Å². The summed E-state index contributed by atoms with van der Waals surface area (Å²) >= 11 is 0. The highest BCUT2D eigenvalue weighted by molar-refractivity contribution is 7.89. The molecule has 8 heteroatoms. The predicted molar refractivity (Wildman–Crippen MR) is 71.1 cm³/mol. The topological polar surface area (TPSA) is 104 Å². The lowest BCUT2D eigenvalue weighted by molar-refractivity contribution is 0.0699. The van der Waals surface area contributed by atoms with Crippen molar-refractivity contribution in [1.82, 2.24) is 9.71 Å². The minimum atomic E-state index is -3.61. The Morgan fingerprint density at radius 1 is 1.37 bits per heavy atom. The molecule has 0 spiro atoms. The van der Waals surface area contributed by atoms with Crippen molar-refractivity contribution in [2.75, 3.05) is 39.2 Å². The van der Waals surface area contributed by atoms with Gasteiger partial charge in [-0.05, 0) is 18.6 Å². The number of ether oxygens (including phenoxy) is 2. The summed E-state index contributed by atoms with van der Waals surface area (Å²) in [6.07, 6.45) is 2.01. The average molecular weight is 289 g/mol. The third kappa shape index (κ3) is 5.52. The van der Waals surface area contributed by atoms with Crippen LogP contribution in [0.15, 0.2) is 23.2 Å². The number of nitrogens with one attached hydrogen (secondary N) is 1. The van der Waals surface area contributed by atoms with Gasteiger partial charge in [0.2, 0.25) is 10.0 Å². The van der Waals surface area contributed by atoms with Crippen molar-refractivity contribution in [1.29, 1.82) is 0 Å². The van der Waals surface area contributed by atoms with Crippen LogP contribution in [0.4, 0.5) is 5.82 Å². The number of sulfonamides is 1. The number of rotatable bonds is 9. The zero-order valence-electron chi connectivity index (χ0n) is 10.8. The molecule has 3 N–H and O–H groups in total. The molecule has 0 aliphatic heterocycles. The van der Waals surface area contributed by atoms with Crippen LogP contribution >= 0.6 is 0 Å². The van der Waals surface area contributed by atoms with Crippen LogP contribution in [0.25, 0.3) is 0 Å². The number of nitrogens with two attached hydrogens (primary N) is 1. The van der Waals surface area contributed by atoms with E-state index in [1.54, 1.807) is 7.11 Å². The molecule has 0 atom stereocenters. The number of hydrogen-bond donors (Lipinski definition) is 2. The zero-order chi connectivity index (χ0) is 14.1. The van der Waals surface area contributed by atoms with Crippen LogP contribution in [0.3, 0.4) is 0 Å². The van der Waals surface area contributed by atoms with Gasteiger partial charge in [0.05, 0.1) is 13.2 Å². The summed E-state index contributed by atoms with van der Waals surface area (Å²) in [5.41, 5.74) is 5.52. The molecule has 19 heavy (non-hydrogen) atoms. The molecule has 1 rings (SSSR count). The first kappa shape index (κ1) is 15.8. The Hall–Kier alpha value is -1.22. The monoisotopic (exact) mass is 289 g/mol. The van der Waals surface area contributed by atoms with Crippen LogP contribution in [-0.4, -0.2) is 46.9 Å². The highest BCUT2D eigenvalue weighted by atomic mass is 32.2. The third-order valence-corrected chi connectivity index (χ3v) is 3.79. The SMILES string of the molecule is COCCOCCCNS(=O)(=O)c1cccnc1N. The van der Waals surface area contributed by atoms with Crippen LogP contribution in [0.1, 0.15) is 6.42 Å². The van der Waals surface area contributed by atoms with Crippen molar-refractivity contribution < 1.29 is 17.9 Å². The minimum absolute atomic E-state index is 0.00435. The van der Waals surface area contributed by atoms with E-state index in [-0.39, 0.29) is 17.3 Å². The summed E-state index contributed by atoms with van der Waals surface area (Å²) in [4.78, 5) is 3.74. The molecule has 1 heterocycles. The van der Waals surface area contributed by atoms with Gasteiger partial charge in [0.15, 0.2) is 0 Å². The maximum atomic E-state index is 11.9. The molecule has 0 aliphatic carbocycles. The average Bonchev–Trinajstić information content (AvgIpc) is 2.38. The van der Waals surface area contributed by atoms with Crippen molar-refractivity contribution >= 4 is 15.8 Å². The fraction of sp³-hybridized carbons (Fsp3) is 0.545. The van der Waals surface area contributed by atoms with Crippen LogP contribution in [0, 0.1) is 0 Å². The summed E-state index contributed by atoms with van der Waals surface area (Å²) < 4.78 is 36.3. The predicted octanol–water partition coefficient (Wildman–Crippen LogP) is -0.00480. The van der Waals surface area contributed by atoms with Crippen LogP contribution in [0.2, 0.25) is 0 Å². The number of anilines is 1. The maximum absolute atomic E-state index is 11.9. The second-order valence-corrected chi connectivity index (χ2v) is 5.48. The minimum Gasteiger partial charge on any atom is -0.383 e. The molecule has 0 unspecified atom stereocenters.